The van der Waals surface area contributed by atoms with E-state index in [0.717, 1.165) is 31.0 Å². The molecule has 1 aliphatic carbocycles. The summed E-state index contributed by atoms with van der Waals surface area (Å²) in [5.41, 5.74) is 2.17. The summed E-state index contributed by atoms with van der Waals surface area (Å²) >= 11 is 0. The summed E-state index contributed by atoms with van der Waals surface area (Å²) in [6, 6.07) is 2.77. The molecular formula is C17H26N6O. The van der Waals surface area contributed by atoms with E-state index < -0.39 is 0 Å². The molecule has 2 atom stereocenters. The van der Waals surface area contributed by atoms with Crippen LogP contribution in [-0.2, 0) is 18.3 Å². The van der Waals surface area contributed by atoms with Crippen molar-refractivity contribution in [2.75, 3.05) is 20.2 Å². The number of likely N-dealkylation sites (tertiary alicyclic amines) is 1. The summed E-state index contributed by atoms with van der Waals surface area (Å²) in [5.74, 6) is 0.278. The predicted molar refractivity (Wildman–Crippen MR) is 89.6 cm³/mol. The summed E-state index contributed by atoms with van der Waals surface area (Å²) in [4.78, 5) is 2.41. The van der Waals surface area contributed by atoms with Gasteiger partial charge in [0.25, 0.3) is 0 Å². The van der Waals surface area contributed by atoms with Crippen LogP contribution in [0.25, 0.3) is 0 Å². The SMILES string of the molecule is CO[C@@H]1CN(Cc2ccn(C3CCCC3)n2)C[C@H]1c1cn(C)nn1. The fourth-order valence-electron chi connectivity index (χ4n) is 4.10. The van der Waals surface area contributed by atoms with Crippen molar-refractivity contribution in [3.63, 3.8) is 0 Å². The maximum atomic E-state index is 5.70. The molecule has 1 aliphatic heterocycles. The fraction of sp³-hybridized carbons (Fsp3) is 0.706. The van der Waals surface area contributed by atoms with Crippen LogP contribution in [-0.4, -0.2) is 56.0 Å². The first-order chi connectivity index (χ1) is 11.7. The molecule has 0 bridgehead atoms. The van der Waals surface area contributed by atoms with E-state index in [2.05, 4.69) is 32.2 Å². The molecule has 0 N–H and O–H groups in total. The van der Waals surface area contributed by atoms with Crippen LogP contribution < -0.4 is 0 Å². The van der Waals surface area contributed by atoms with E-state index in [4.69, 9.17) is 9.84 Å². The number of hydrogen-bond acceptors (Lipinski definition) is 5. The minimum absolute atomic E-state index is 0.165. The highest BCUT2D eigenvalue weighted by Crippen LogP contribution is 2.30. The lowest BCUT2D eigenvalue weighted by molar-refractivity contribution is 0.0956. The molecule has 1 saturated carbocycles. The molecule has 0 amide bonds. The fourth-order valence-corrected chi connectivity index (χ4v) is 4.10. The smallest absolute Gasteiger partial charge is 0.0897 e. The Hall–Kier alpha value is -1.73. The molecule has 4 rings (SSSR count). The van der Waals surface area contributed by atoms with E-state index in [9.17, 15) is 0 Å². The minimum Gasteiger partial charge on any atom is -0.379 e. The number of rotatable bonds is 5. The molecule has 0 radical (unpaired) electrons. The minimum atomic E-state index is 0.165. The molecule has 1 saturated heterocycles. The maximum Gasteiger partial charge on any atom is 0.0897 e. The van der Waals surface area contributed by atoms with Crippen molar-refractivity contribution in [2.45, 2.75) is 50.3 Å². The Morgan fingerprint density at radius 2 is 2.08 bits per heavy atom. The van der Waals surface area contributed by atoms with Gasteiger partial charge in [0.15, 0.2) is 0 Å². The Labute approximate surface area is 142 Å². The molecule has 0 unspecified atom stereocenters. The Balaban J connectivity index is 1.42. The van der Waals surface area contributed by atoms with E-state index in [-0.39, 0.29) is 12.0 Å². The third kappa shape index (κ3) is 3.10. The quantitative estimate of drug-likeness (QED) is 0.836. The van der Waals surface area contributed by atoms with Crippen LogP contribution in [0, 0.1) is 0 Å². The molecule has 0 spiro atoms. The topological polar surface area (TPSA) is 61.0 Å². The number of aromatic nitrogens is 5. The Morgan fingerprint density at radius 1 is 1.25 bits per heavy atom. The highest BCUT2D eigenvalue weighted by atomic mass is 16.5. The van der Waals surface area contributed by atoms with Gasteiger partial charge in [-0.05, 0) is 18.9 Å². The molecule has 130 valence electrons. The van der Waals surface area contributed by atoms with Gasteiger partial charge in [-0.2, -0.15) is 5.10 Å². The first kappa shape index (κ1) is 15.8. The predicted octanol–water partition coefficient (Wildman–Crippen LogP) is 1.74. The van der Waals surface area contributed by atoms with Crippen LogP contribution in [0.4, 0.5) is 0 Å². The van der Waals surface area contributed by atoms with Crippen molar-refractivity contribution in [1.29, 1.82) is 0 Å². The lowest BCUT2D eigenvalue weighted by atomic mass is 10.0. The molecule has 24 heavy (non-hydrogen) atoms. The number of aryl methyl sites for hydroxylation is 1. The first-order valence-electron chi connectivity index (χ1n) is 8.88. The van der Waals surface area contributed by atoms with Crippen LogP contribution in [0.3, 0.4) is 0 Å². The molecule has 7 nitrogen and oxygen atoms in total. The van der Waals surface area contributed by atoms with Crippen molar-refractivity contribution in [3.8, 4) is 0 Å². The molecule has 0 aromatic carbocycles. The highest BCUT2D eigenvalue weighted by Gasteiger charge is 2.36. The second-order valence-electron chi connectivity index (χ2n) is 7.12. The summed E-state index contributed by atoms with van der Waals surface area (Å²) in [5, 5.41) is 13.2. The van der Waals surface area contributed by atoms with E-state index >= 15 is 0 Å². The number of hydrogen-bond donors (Lipinski definition) is 0. The second-order valence-corrected chi connectivity index (χ2v) is 7.12. The zero-order chi connectivity index (χ0) is 16.5. The lowest BCUT2D eigenvalue weighted by Gasteiger charge is -2.14. The molecular weight excluding hydrogens is 304 g/mol. The third-order valence-corrected chi connectivity index (χ3v) is 5.39. The number of ether oxygens (including phenoxy) is 1. The lowest BCUT2D eigenvalue weighted by Crippen LogP contribution is -2.23. The van der Waals surface area contributed by atoms with Crippen molar-refractivity contribution < 1.29 is 4.74 Å². The normalized spacial score (nSPS) is 25.8. The van der Waals surface area contributed by atoms with Gasteiger partial charge in [0.05, 0.1) is 23.5 Å². The van der Waals surface area contributed by atoms with Crippen LogP contribution in [0.5, 0.6) is 0 Å². The molecule has 2 aromatic rings. The Bertz CT molecular complexity index is 674. The third-order valence-electron chi connectivity index (χ3n) is 5.39. The van der Waals surface area contributed by atoms with E-state index in [0.29, 0.717) is 6.04 Å². The molecule has 2 aliphatic rings. The van der Waals surface area contributed by atoms with Crippen molar-refractivity contribution in [1.82, 2.24) is 29.7 Å². The standard InChI is InChI=1S/C17H26N6O/c1-21-11-16(18-20-21)15-10-22(12-17(15)24-2)9-13-7-8-23(19-13)14-5-3-4-6-14/h7-8,11,14-15,17H,3-6,9-10,12H2,1-2H3/t15-,17+/m0/s1. The van der Waals surface area contributed by atoms with Crippen LogP contribution in [0.2, 0.25) is 0 Å². The van der Waals surface area contributed by atoms with Gasteiger partial charge in [0.1, 0.15) is 0 Å². The van der Waals surface area contributed by atoms with Gasteiger partial charge in [-0.15, -0.1) is 5.10 Å². The summed E-state index contributed by atoms with van der Waals surface area (Å²) in [6.45, 7) is 2.72. The number of nitrogens with zero attached hydrogens (tertiary/aromatic N) is 6. The van der Waals surface area contributed by atoms with Gasteiger partial charge in [0.2, 0.25) is 0 Å². The van der Waals surface area contributed by atoms with Crippen molar-refractivity contribution in [3.05, 3.63) is 29.8 Å². The van der Waals surface area contributed by atoms with Gasteiger partial charge < -0.3 is 4.74 Å². The van der Waals surface area contributed by atoms with E-state index in [1.54, 1.807) is 11.8 Å². The Morgan fingerprint density at radius 3 is 2.79 bits per heavy atom. The van der Waals surface area contributed by atoms with Crippen LogP contribution in [0.15, 0.2) is 18.5 Å². The monoisotopic (exact) mass is 330 g/mol. The highest BCUT2D eigenvalue weighted by molar-refractivity contribution is 5.11. The molecule has 2 fully saturated rings. The molecule has 7 heteroatoms. The molecule has 2 aromatic heterocycles. The van der Waals surface area contributed by atoms with Gasteiger partial charge in [-0.25, -0.2) is 0 Å². The van der Waals surface area contributed by atoms with E-state index in [1.807, 2.05) is 13.2 Å². The van der Waals surface area contributed by atoms with Gasteiger partial charge in [-0.1, -0.05) is 18.1 Å². The summed E-state index contributed by atoms with van der Waals surface area (Å²) in [6.07, 6.45) is 9.52. The van der Waals surface area contributed by atoms with Gasteiger partial charge >= 0.3 is 0 Å². The van der Waals surface area contributed by atoms with Gasteiger partial charge in [-0.3, -0.25) is 14.3 Å². The van der Waals surface area contributed by atoms with Crippen molar-refractivity contribution in [2.24, 2.45) is 7.05 Å². The van der Waals surface area contributed by atoms with Crippen LogP contribution in [0.1, 0.15) is 49.0 Å². The zero-order valence-corrected chi connectivity index (χ0v) is 14.5. The summed E-state index contributed by atoms with van der Waals surface area (Å²) < 4.78 is 9.63. The first-order valence-corrected chi connectivity index (χ1v) is 8.88. The van der Waals surface area contributed by atoms with Gasteiger partial charge in [0, 0.05) is 52.1 Å². The second kappa shape index (κ2) is 6.64. The van der Waals surface area contributed by atoms with Crippen LogP contribution >= 0.6 is 0 Å². The average molecular weight is 330 g/mol. The number of methoxy groups -OCH3 is 1. The largest absolute Gasteiger partial charge is 0.379 e. The zero-order valence-electron chi connectivity index (χ0n) is 14.5. The average Bonchev–Trinajstić information content (AvgIpc) is 3.34. The Kier molecular flexibility index (Phi) is 4.37. The van der Waals surface area contributed by atoms with E-state index in [1.165, 1.54) is 25.7 Å². The molecule has 3 heterocycles. The summed E-state index contributed by atoms with van der Waals surface area (Å²) in [7, 11) is 3.69. The van der Waals surface area contributed by atoms with Crippen molar-refractivity contribution >= 4 is 0 Å². The maximum absolute atomic E-state index is 5.70.